The van der Waals surface area contributed by atoms with Crippen molar-refractivity contribution < 1.29 is 23.8 Å². The van der Waals surface area contributed by atoms with Crippen LogP contribution in [0.5, 0.6) is 17.2 Å². The second-order valence-electron chi connectivity index (χ2n) is 7.72. The molecule has 2 amide bonds. The Balaban J connectivity index is 1.51. The van der Waals surface area contributed by atoms with Crippen LogP contribution in [0.4, 0.5) is 5.69 Å². The Bertz CT molecular complexity index is 1460. The number of aryl methyl sites for hydroxylation is 1. The van der Waals surface area contributed by atoms with Crippen LogP contribution >= 0.6 is 0 Å². The first-order valence-electron chi connectivity index (χ1n) is 10.4. The molecular formula is C24H18N4O5. The van der Waals surface area contributed by atoms with Gasteiger partial charge in [-0.1, -0.05) is 0 Å². The van der Waals surface area contributed by atoms with Gasteiger partial charge >= 0.3 is 0 Å². The lowest BCUT2D eigenvalue weighted by molar-refractivity contribution is 0.0926. The van der Waals surface area contributed by atoms with E-state index in [9.17, 15) is 9.59 Å². The molecule has 0 atom stereocenters. The zero-order valence-electron chi connectivity index (χ0n) is 17.9. The third-order valence-electron chi connectivity index (χ3n) is 5.85. The maximum atomic E-state index is 13.6. The van der Waals surface area contributed by atoms with Crippen LogP contribution in [0.2, 0.25) is 0 Å². The van der Waals surface area contributed by atoms with Crippen molar-refractivity contribution in [3.63, 3.8) is 0 Å². The Morgan fingerprint density at radius 2 is 1.73 bits per heavy atom. The van der Waals surface area contributed by atoms with Gasteiger partial charge in [-0.3, -0.25) is 9.59 Å². The van der Waals surface area contributed by atoms with Crippen LogP contribution in [0.15, 0.2) is 48.7 Å². The molecule has 2 aliphatic heterocycles. The number of anilines is 1. The van der Waals surface area contributed by atoms with Gasteiger partial charge in [0.1, 0.15) is 24.7 Å². The molecule has 0 saturated carbocycles. The SMILES string of the molecule is COc1ccc(-c2nn(C)c3ncc4c(c23)C(=O)N(c2ccc3c(c2)OCCO3)C4=O)cc1. The smallest absolute Gasteiger partial charge is 0.267 e. The van der Waals surface area contributed by atoms with Crippen LogP contribution in [0.25, 0.3) is 22.3 Å². The first kappa shape index (κ1) is 19.3. The molecule has 0 radical (unpaired) electrons. The fraction of sp³-hybridized carbons (Fsp3) is 0.167. The summed E-state index contributed by atoms with van der Waals surface area (Å²) >= 11 is 0. The second-order valence-corrected chi connectivity index (χ2v) is 7.72. The minimum absolute atomic E-state index is 0.241. The molecule has 0 N–H and O–H groups in total. The summed E-state index contributed by atoms with van der Waals surface area (Å²) in [5.74, 6) is 0.921. The molecule has 0 saturated heterocycles. The lowest BCUT2D eigenvalue weighted by Crippen LogP contribution is -2.29. The average Bonchev–Trinajstić information content (AvgIpc) is 3.32. The molecule has 164 valence electrons. The molecule has 2 aromatic heterocycles. The summed E-state index contributed by atoms with van der Waals surface area (Å²) in [7, 11) is 3.35. The topological polar surface area (TPSA) is 95.8 Å². The van der Waals surface area contributed by atoms with E-state index in [1.807, 2.05) is 24.3 Å². The Morgan fingerprint density at radius 1 is 0.970 bits per heavy atom. The van der Waals surface area contributed by atoms with E-state index in [0.29, 0.717) is 58.4 Å². The molecule has 0 spiro atoms. The van der Waals surface area contributed by atoms with Crippen LogP contribution in [-0.4, -0.2) is 46.9 Å². The molecule has 9 nitrogen and oxygen atoms in total. The predicted octanol–water partition coefficient (Wildman–Crippen LogP) is 3.22. The molecular weight excluding hydrogens is 424 g/mol. The van der Waals surface area contributed by atoms with Crippen molar-refractivity contribution in [1.29, 1.82) is 0 Å². The normalized spacial score (nSPS) is 14.7. The number of rotatable bonds is 3. The standard InChI is InChI=1S/C24H18N4O5/c1-27-22-20(21(26-27)13-3-6-15(31-2)7-4-13)19-16(12-25-22)23(29)28(24(19)30)14-5-8-17-18(11-14)33-10-9-32-17/h3-8,11-12H,9-10H2,1-2H3. The van der Waals surface area contributed by atoms with Crippen LogP contribution in [0.1, 0.15) is 20.7 Å². The molecule has 0 bridgehead atoms. The summed E-state index contributed by atoms with van der Waals surface area (Å²) < 4.78 is 18.0. The van der Waals surface area contributed by atoms with Crippen LogP contribution in [-0.2, 0) is 7.05 Å². The van der Waals surface area contributed by atoms with Crippen LogP contribution < -0.4 is 19.1 Å². The summed E-state index contributed by atoms with van der Waals surface area (Å²) in [4.78, 5) is 32.5. The Labute approximate surface area is 188 Å². The van der Waals surface area contributed by atoms with Crippen molar-refractivity contribution in [2.24, 2.45) is 7.05 Å². The number of carbonyl (C=O) groups excluding carboxylic acids is 2. The van der Waals surface area contributed by atoms with E-state index in [-0.39, 0.29) is 5.56 Å². The third-order valence-corrected chi connectivity index (χ3v) is 5.85. The Kier molecular flexibility index (Phi) is 4.13. The number of carbonyl (C=O) groups is 2. The number of benzene rings is 2. The first-order chi connectivity index (χ1) is 16.1. The first-order valence-corrected chi connectivity index (χ1v) is 10.4. The summed E-state index contributed by atoms with van der Waals surface area (Å²) in [6.07, 6.45) is 1.44. The van der Waals surface area contributed by atoms with Gasteiger partial charge in [-0.25, -0.2) is 14.6 Å². The molecule has 0 aliphatic carbocycles. The minimum atomic E-state index is -0.439. The zero-order valence-corrected chi connectivity index (χ0v) is 17.9. The number of nitrogens with zero attached hydrogens (tertiary/aromatic N) is 4. The molecule has 2 aliphatic rings. The second kappa shape index (κ2) is 7.06. The summed E-state index contributed by atoms with van der Waals surface area (Å²) in [6, 6.07) is 12.4. The van der Waals surface area contributed by atoms with Gasteiger partial charge in [0, 0.05) is 24.9 Å². The van der Waals surface area contributed by atoms with Crippen molar-refractivity contribution in [3.05, 3.63) is 59.8 Å². The number of hydrogen-bond donors (Lipinski definition) is 0. The highest BCUT2D eigenvalue weighted by Gasteiger charge is 2.40. The van der Waals surface area contributed by atoms with E-state index in [0.717, 1.165) is 10.5 Å². The molecule has 6 rings (SSSR count). The zero-order chi connectivity index (χ0) is 22.7. The number of amides is 2. The third kappa shape index (κ3) is 2.78. The van der Waals surface area contributed by atoms with Gasteiger partial charge in [0.05, 0.1) is 29.3 Å². The largest absolute Gasteiger partial charge is 0.497 e. The summed E-state index contributed by atoms with van der Waals surface area (Å²) in [6.45, 7) is 0.863. The summed E-state index contributed by atoms with van der Waals surface area (Å²) in [5, 5.41) is 5.14. The van der Waals surface area contributed by atoms with E-state index >= 15 is 0 Å². The van der Waals surface area contributed by atoms with Gasteiger partial charge in [0.2, 0.25) is 0 Å². The van der Waals surface area contributed by atoms with E-state index < -0.39 is 11.8 Å². The number of aromatic nitrogens is 3. The molecule has 4 aromatic rings. The van der Waals surface area contributed by atoms with Crippen molar-refractivity contribution in [1.82, 2.24) is 14.8 Å². The lowest BCUT2D eigenvalue weighted by Gasteiger charge is -2.21. The fourth-order valence-corrected chi connectivity index (χ4v) is 4.28. The van der Waals surface area contributed by atoms with Crippen molar-refractivity contribution in [2.75, 3.05) is 25.2 Å². The molecule has 33 heavy (non-hydrogen) atoms. The number of ether oxygens (including phenoxy) is 3. The molecule has 4 heterocycles. The van der Waals surface area contributed by atoms with E-state index in [1.165, 1.54) is 6.20 Å². The molecule has 9 heteroatoms. The minimum Gasteiger partial charge on any atom is -0.497 e. The van der Waals surface area contributed by atoms with Gasteiger partial charge in [-0.05, 0) is 36.4 Å². The quantitative estimate of drug-likeness (QED) is 0.450. The maximum Gasteiger partial charge on any atom is 0.267 e. The number of fused-ring (bicyclic) bond motifs is 4. The van der Waals surface area contributed by atoms with Crippen LogP contribution in [0.3, 0.4) is 0 Å². The fourth-order valence-electron chi connectivity index (χ4n) is 4.28. The van der Waals surface area contributed by atoms with Gasteiger partial charge < -0.3 is 14.2 Å². The number of pyridine rings is 1. The highest BCUT2D eigenvalue weighted by Crippen LogP contribution is 2.40. The maximum absolute atomic E-state index is 13.6. The van der Waals surface area contributed by atoms with Crippen molar-refractivity contribution in [2.45, 2.75) is 0 Å². The monoisotopic (exact) mass is 442 g/mol. The number of hydrogen-bond acceptors (Lipinski definition) is 7. The molecule has 2 aromatic carbocycles. The molecule has 0 unspecified atom stereocenters. The highest BCUT2D eigenvalue weighted by atomic mass is 16.6. The average molecular weight is 442 g/mol. The van der Waals surface area contributed by atoms with Gasteiger partial charge in [-0.15, -0.1) is 0 Å². The number of imide groups is 1. The van der Waals surface area contributed by atoms with E-state index in [2.05, 4.69) is 10.1 Å². The van der Waals surface area contributed by atoms with Crippen molar-refractivity contribution >= 4 is 28.5 Å². The van der Waals surface area contributed by atoms with E-state index in [1.54, 1.807) is 37.0 Å². The van der Waals surface area contributed by atoms with Gasteiger partial charge in [-0.2, -0.15) is 5.10 Å². The Morgan fingerprint density at radius 3 is 2.48 bits per heavy atom. The molecule has 0 fully saturated rings. The van der Waals surface area contributed by atoms with Crippen molar-refractivity contribution in [3.8, 4) is 28.5 Å². The lowest BCUT2D eigenvalue weighted by atomic mass is 10.0. The predicted molar refractivity (Wildman–Crippen MR) is 119 cm³/mol. The number of methoxy groups -OCH3 is 1. The highest BCUT2D eigenvalue weighted by molar-refractivity contribution is 6.38. The van der Waals surface area contributed by atoms with Crippen LogP contribution in [0, 0.1) is 0 Å². The van der Waals surface area contributed by atoms with Gasteiger partial charge in [0.25, 0.3) is 11.8 Å². The Hall–Kier alpha value is -4.40. The van der Waals surface area contributed by atoms with E-state index in [4.69, 9.17) is 14.2 Å². The summed E-state index contributed by atoms with van der Waals surface area (Å²) in [5.41, 5.74) is 2.82. The van der Waals surface area contributed by atoms with Gasteiger partial charge in [0.15, 0.2) is 17.1 Å².